The Kier molecular flexibility index (Phi) is 9.10. The largest absolute Gasteiger partial charge is 0.213 e. The number of hydrogen-bond donors (Lipinski definition) is 0. The molecular formula is C45H55N3. The maximum atomic E-state index is 5.27. The Morgan fingerprint density at radius 3 is 0.979 bits per heavy atom. The molecule has 48 heavy (non-hydrogen) atoms. The quantitative estimate of drug-likeness (QED) is 0.197. The lowest BCUT2D eigenvalue weighted by Gasteiger charge is -2.25. The van der Waals surface area contributed by atoms with Crippen LogP contribution in [-0.2, 0) is 0 Å². The van der Waals surface area contributed by atoms with Gasteiger partial charge in [-0.15, -0.1) is 0 Å². The van der Waals surface area contributed by atoms with Crippen LogP contribution in [0.15, 0.2) is 6.07 Å². The second-order valence-electron chi connectivity index (χ2n) is 14.6. The summed E-state index contributed by atoms with van der Waals surface area (Å²) in [5.74, 6) is 2.25. The first kappa shape index (κ1) is 35.2. The van der Waals surface area contributed by atoms with Crippen molar-refractivity contribution in [3.05, 3.63) is 106 Å². The summed E-state index contributed by atoms with van der Waals surface area (Å²) in [6, 6.07) is 2.36. The monoisotopic (exact) mass is 637 g/mol. The first-order valence-electron chi connectivity index (χ1n) is 17.4. The summed E-state index contributed by atoms with van der Waals surface area (Å²) in [6.07, 6.45) is 0. The van der Waals surface area contributed by atoms with Crippen LogP contribution in [0.5, 0.6) is 0 Å². The molecule has 0 saturated heterocycles. The third kappa shape index (κ3) is 5.21. The molecule has 0 fully saturated rings. The summed E-state index contributed by atoms with van der Waals surface area (Å²) >= 11 is 0. The van der Waals surface area contributed by atoms with E-state index in [0.717, 1.165) is 28.6 Å². The van der Waals surface area contributed by atoms with Crippen LogP contribution in [0.2, 0.25) is 0 Å². The Hall–Kier alpha value is -4.11. The standard InChI is InChI=1S/C45H55N3/c1-20-19-38(40-28(9)23(4)21(2)24(5)29(40)10)27(8)32(13)39(20)44-46-37(18)47-45(48-44)43-35(16)33(14)42(34(15)36(43)17)41-30(11)25(6)22(3)26(7)31(41)12/h19H,1-18H3. The van der Waals surface area contributed by atoms with Crippen LogP contribution in [-0.4, -0.2) is 15.0 Å². The molecule has 1 aromatic heterocycles. The summed E-state index contributed by atoms with van der Waals surface area (Å²) in [6.45, 7) is 40.3. The van der Waals surface area contributed by atoms with Crippen molar-refractivity contribution < 1.29 is 0 Å². The van der Waals surface area contributed by atoms with Gasteiger partial charge in [0, 0.05) is 11.1 Å². The van der Waals surface area contributed by atoms with Crippen LogP contribution in [0.25, 0.3) is 45.0 Å². The number of benzene rings is 4. The van der Waals surface area contributed by atoms with Gasteiger partial charge in [0.2, 0.25) is 0 Å². The van der Waals surface area contributed by atoms with Crippen molar-refractivity contribution in [3.63, 3.8) is 0 Å². The van der Waals surface area contributed by atoms with Crippen LogP contribution in [0.1, 0.15) is 100 Å². The summed E-state index contributed by atoms with van der Waals surface area (Å²) < 4.78 is 0. The zero-order valence-electron chi connectivity index (χ0n) is 32.9. The predicted molar refractivity (Wildman–Crippen MR) is 207 cm³/mol. The van der Waals surface area contributed by atoms with Gasteiger partial charge in [0.15, 0.2) is 11.6 Å². The molecule has 4 aromatic carbocycles. The van der Waals surface area contributed by atoms with E-state index in [2.05, 4.69) is 124 Å². The summed E-state index contributed by atoms with van der Waals surface area (Å²) in [4.78, 5) is 15.2. The molecule has 0 bridgehead atoms. The second-order valence-corrected chi connectivity index (χ2v) is 14.6. The number of aromatic nitrogens is 3. The Labute approximate surface area is 290 Å². The lowest BCUT2D eigenvalue weighted by molar-refractivity contribution is 0.981. The van der Waals surface area contributed by atoms with Crippen molar-refractivity contribution in [2.24, 2.45) is 0 Å². The molecule has 0 amide bonds. The van der Waals surface area contributed by atoms with Gasteiger partial charge in [0.05, 0.1) is 0 Å². The van der Waals surface area contributed by atoms with Gasteiger partial charge >= 0.3 is 0 Å². The summed E-state index contributed by atoms with van der Waals surface area (Å²) in [5.41, 5.74) is 30.2. The molecule has 5 aromatic rings. The third-order valence-electron chi connectivity index (χ3n) is 12.4. The third-order valence-corrected chi connectivity index (χ3v) is 12.4. The molecule has 0 aliphatic rings. The van der Waals surface area contributed by atoms with Crippen LogP contribution in [0.4, 0.5) is 0 Å². The lowest BCUT2D eigenvalue weighted by atomic mass is 9.79. The molecule has 5 rings (SSSR count). The molecule has 0 radical (unpaired) electrons. The molecular weight excluding hydrogens is 583 g/mol. The van der Waals surface area contributed by atoms with Gasteiger partial charge in [-0.3, -0.25) is 0 Å². The number of hydrogen-bond acceptors (Lipinski definition) is 3. The van der Waals surface area contributed by atoms with Crippen LogP contribution < -0.4 is 0 Å². The Balaban J connectivity index is 1.74. The predicted octanol–water partition coefficient (Wildman–Crippen LogP) is 12.1. The normalized spacial score (nSPS) is 11.5. The minimum Gasteiger partial charge on any atom is -0.213 e. The van der Waals surface area contributed by atoms with E-state index in [0.29, 0.717) is 0 Å². The molecule has 0 aliphatic carbocycles. The Bertz CT molecular complexity index is 2110. The van der Waals surface area contributed by atoms with Crippen molar-refractivity contribution in [2.45, 2.75) is 125 Å². The van der Waals surface area contributed by atoms with Gasteiger partial charge in [-0.1, -0.05) is 6.07 Å². The fourth-order valence-corrected chi connectivity index (χ4v) is 8.19. The minimum absolute atomic E-state index is 0.738. The molecule has 0 aliphatic heterocycles. The molecule has 3 nitrogen and oxygen atoms in total. The average Bonchev–Trinajstić information content (AvgIpc) is 3.03. The van der Waals surface area contributed by atoms with Gasteiger partial charge in [-0.2, -0.15) is 0 Å². The molecule has 0 spiro atoms. The molecule has 3 heteroatoms. The Morgan fingerprint density at radius 2 is 0.562 bits per heavy atom. The van der Waals surface area contributed by atoms with Gasteiger partial charge in [0.25, 0.3) is 0 Å². The summed E-state index contributed by atoms with van der Waals surface area (Å²) in [7, 11) is 0. The van der Waals surface area contributed by atoms with Gasteiger partial charge < -0.3 is 0 Å². The van der Waals surface area contributed by atoms with Crippen molar-refractivity contribution in [1.82, 2.24) is 15.0 Å². The first-order chi connectivity index (χ1) is 22.3. The highest BCUT2D eigenvalue weighted by Crippen LogP contribution is 2.44. The van der Waals surface area contributed by atoms with Gasteiger partial charge in [-0.05, 0) is 241 Å². The molecule has 0 unspecified atom stereocenters. The Morgan fingerprint density at radius 1 is 0.271 bits per heavy atom. The highest BCUT2D eigenvalue weighted by molar-refractivity contribution is 5.86. The first-order valence-corrected chi connectivity index (χ1v) is 17.4. The van der Waals surface area contributed by atoms with E-state index < -0.39 is 0 Å². The number of aryl methyl sites for hydroxylation is 2. The van der Waals surface area contributed by atoms with E-state index in [1.165, 1.54) is 117 Å². The topological polar surface area (TPSA) is 38.7 Å². The van der Waals surface area contributed by atoms with Crippen LogP contribution in [0.3, 0.4) is 0 Å². The van der Waals surface area contributed by atoms with E-state index in [1.54, 1.807) is 0 Å². The lowest BCUT2D eigenvalue weighted by Crippen LogP contribution is -2.08. The number of rotatable bonds is 4. The highest BCUT2D eigenvalue weighted by Gasteiger charge is 2.25. The molecule has 0 atom stereocenters. The zero-order chi connectivity index (χ0) is 35.8. The minimum atomic E-state index is 0.738. The van der Waals surface area contributed by atoms with Gasteiger partial charge in [0.1, 0.15) is 5.82 Å². The molecule has 0 N–H and O–H groups in total. The van der Waals surface area contributed by atoms with E-state index >= 15 is 0 Å². The van der Waals surface area contributed by atoms with Crippen molar-refractivity contribution >= 4 is 0 Å². The fourth-order valence-electron chi connectivity index (χ4n) is 8.19. The second kappa shape index (κ2) is 12.4. The summed E-state index contributed by atoms with van der Waals surface area (Å²) in [5, 5.41) is 0. The van der Waals surface area contributed by atoms with Crippen LogP contribution in [0, 0.1) is 125 Å². The van der Waals surface area contributed by atoms with E-state index in [9.17, 15) is 0 Å². The van der Waals surface area contributed by atoms with Crippen molar-refractivity contribution in [3.8, 4) is 45.0 Å². The SMILES string of the molecule is Cc1nc(-c2c(C)cc(-c3c(C)c(C)c(C)c(C)c3C)c(C)c2C)nc(-c2c(C)c(C)c(-c3c(C)c(C)c(C)c(C)c3C)c(C)c2C)n1. The smallest absolute Gasteiger partial charge is 0.164 e. The van der Waals surface area contributed by atoms with E-state index in [4.69, 9.17) is 15.0 Å². The number of nitrogens with zero attached hydrogens (tertiary/aromatic N) is 3. The van der Waals surface area contributed by atoms with Crippen molar-refractivity contribution in [1.29, 1.82) is 0 Å². The molecule has 0 saturated carbocycles. The highest BCUT2D eigenvalue weighted by atomic mass is 15.0. The van der Waals surface area contributed by atoms with E-state index in [1.807, 2.05) is 6.92 Å². The fraction of sp³-hybridized carbons (Fsp3) is 0.400. The van der Waals surface area contributed by atoms with Gasteiger partial charge in [-0.25, -0.2) is 15.0 Å². The van der Waals surface area contributed by atoms with Crippen molar-refractivity contribution in [2.75, 3.05) is 0 Å². The molecule has 1 heterocycles. The molecule has 250 valence electrons. The zero-order valence-corrected chi connectivity index (χ0v) is 32.9. The maximum absolute atomic E-state index is 5.27. The van der Waals surface area contributed by atoms with E-state index in [-0.39, 0.29) is 0 Å². The maximum Gasteiger partial charge on any atom is 0.164 e. The average molecular weight is 638 g/mol. The van der Waals surface area contributed by atoms with Crippen LogP contribution >= 0.6 is 0 Å².